The van der Waals surface area contributed by atoms with Crippen LogP contribution in [0.25, 0.3) is 0 Å². The summed E-state index contributed by atoms with van der Waals surface area (Å²) < 4.78 is 19.1. The molecule has 1 aromatic carbocycles. The summed E-state index contributed by atoms with van der Waals surface area (Å²) in [5.41, 5.74) is -0.653. The molecule has 0 spiro atoms. The molecule has 1 saturated heterocycles. The van der Waals surface area contributed by atoms with Gasteiger partial charge in [-0.15, -0.1) is 0 Å². The highest BCUT2D eigenvalue weighted by Gasteiger charge is 2.28. The molecule has 24 heavy (non-hydrogen) atoms. The predicted octanol–water partition coefficient (Wildman–Crippen LogP) is 3.61. The molecule has 0 aliphatic carbocycles. The minimum absolute atomic E-state index is 0.0695. The molecule has 2 rings (SSSR count). The van der Waals surface area contributed by atoms with E-state index in [9.17, 15) is 14.0 Å². The minimum atomic E-state index is -0.624. The smallest absolute Gasteiger partial charge is 0.407 e. The monoisotopic (exact) mass is 356 g/mol. The lowest BCUT2D eigenvalue weighted by Gasteiger charge is -2.33. The first-order valence-corrected chi connectivity index (χ1v) is 8.28. The molecule has 1 aromatic rings. The SMILES string of the molecule is CC(C)(C)OC(=O)NC1CCN(C(=O)c2c(F)cccc2Cl)CC1. The molecule has 0 aromatic heterocycles. The van der Waals surface area contributed by atoms with Crippen molar-refractivity contribution in [2.75, 3.05) is 13.1 Å². The molecule has 2 amide bonds. The Labute approximate surface area is 146 Å². The van der Waals surface area contributed by atoms with Crippen LogP contribution in [0.3, 0.4) is 0 Å². The van der Waals surface area contributed by atoms with Crippen LogP contribution in [0.1, 0.15) is 44.0 Å². The lowest BCUT2D eigenvalue weighted by atomic mass is 10.0. The van der Waals surface area contributed by atoms with Gasteiger partial charge < -0.3 is 15.0 Å². The van der Waals surface area contributed by atoms with Crippen LogP contribution in [0.15, 0.2) is 18.2 Å². The maximum atomic E-state index is 13.9. The van der Waals surface area contributed by atoms with E-state index >= 15 is 0 Å². The molecule has 1 aliphatic heterocycles. The molecule has 1 aliphatic rings. The number of carbonyl (C=O) groups is 2. The van der Waals surface area contributed by atoms with Crippen LogP contribution in [0.5, 0.6) is 0 Å². The second-order valence-corrected chi connectivity index (χ2v) is 7.22. The summed E-state index contributed by atoms with van der Waals surface area (Å²) in [5, 5.41) is 2.90. The number of nitrogens with zero attached hydrogens (tertiary/aromatic N) is 1. The van der Waals surface area contributed by atoms with E-state index in [2.05, 4.69) is 5.32 Å². The van der Waals surface area contributed by atoms with Crippen LogP contribution < -0.4 is 5.32 Å². The van der Waals surface area contributed by atoms with Crippen LogP contribution in [-0.4, -0.2) is 41.6 Å². The van der Waals surface area contributed by atoms with Gasteiger partial charge in [-0.3, -0.25) is 4.79 Å². The van der Waals surface area contributed by atoms with Crippen LogP contribution in [0, 0.1) is 5.82 Å². The Kier molecular flexibility index (Phi) is 5.70. The molecule has 1 N–H and O–H groups in total. The number of benzene rings is 1. The van der Waals surface area contributed by atoms with Crippen molar-refractivity contribution in [2.24, 2.45) is 0 Å². The summed E-state index contributed by atoms with van der Waals surface area (Å²) in [5.74, 6) is -1.05. The number of ether oxygens (including phenoxy) is 1. The van der Waals surface area contributed by atoms with Crippen molar-refractivity contribution in [1.82, 2.24) is 10.2 Å². The van der Waals surface area contributed by atoms with E-state index in [0.717, 1.165) is 0 Å². The Morgan fingerprint density at radius 3 is 2.46 bits per heavy atom. The summed E-state index contributed by atoms with van der Waals surface area (Å²) in [6.45, 7) is 6.23. The minimum Gasteiger partial charge on any atom is -0.444 e. The Morgan fingerprint density at radius 1 is 1.29 bits per heavy atom. The third-order valence-electron chi connectivity index (χ3n) is 3.68. The summed E-state index contributed by atoms with van der Waals surface area (Å²) in [6, 6.07) is 4.11. The van der Waals surface area contributed by atoms with E-state index in [0.29, 0.717) is 25.9 Å². The van der Waals surface area contributed by atoms with Crippen molar-refractivity contribution in [3.8, 4) is 0 Å². The van der Waals surface area contributed by atoms with Crippen molar-refractivity contribution in [2.45, 2.75) is 45.3 Å². The van der Waals surface area contributed by atoms with Gasteiger partial charge in [-0.1, -0.05) is 17.7 Å². The summed E-state index contributed by atoms with van der Waals surface area (Å²) in [4.78, 5) is 25.8. The van der Waals surface area contributed by atoms with Gasteiger partial charge >= 0.3 is 6.09 Å². The Morgan fingerprint density at radius 2 is 1.92 bits per heavy atom. The van der Waals surface area contributed by atoms with Crippen molar-refractivity contribution in [3.05, 3.63) is 34.6 Å². The zero-order valence-corrected chi connectivity index (χ0v) is 14.8. The van der Waals surface area contributed by atoms with Gasteiger partial charge in [0.25, 0.3) is 5.91 Å². The Hall–Kier alpha value is -1.82. The molecule has 1 heterocycles. The second-order valence-electron chi connectivity index (χ2n) is 6.81. The van der Waals surface area contributed by atoms with Gasteiger partial charge in [0.15, 0.2) is 0 Å². The van der Waals surface area contributed by atoms with Crippen molar-refractivity contribution in [1.29, 1.82) is 0 Å². The van der Waals surface area contributed by atoms with E-state index in [-0.39, 0.29) is 16.6 Å². The average Bonchev–Trinajstić information content (AvgIpc) is 2.45. The number of carbonyl (C=O) groups excluding carboxylic acids is 2. The van der Waals surface area contributed by atoms with Gasteiger partial charge in [0.2, 0.25) is 0 Å². The highest BCUT2D eigenvalue weighted by atomic mass is 35.5. The Bertz CT molecular complexity index is 603. The van der Waals surface area contributed by atoms with E-state index in [1.807, 2.05) is 0 Å². The van der Waals surface area contributed by atoms with E-state index in [4.69, 9.17) is 16.3 Å². The van der Waals surface area contributed by atoms with Gasteiger partial charge in [0.05, 0.1) is 10.6 Å². The molecule has 0 unspecified atom stereocenters. The number of rotatable bonds is 2. The topological polar surface area (TPSA) is 58.6 Å². The molecule has 0 atom stereocenters. The van der Waals surface area contributed by atoms with Crippen molar-refractivity contribution >= 4 is 23.6 Å². The molecule has 132 valence electrons. The largest absolute Gasteiger partial charge is 0.444 e. The summed E-state index contributed by atoms with van der Waals surface area (Å²) >= 11 is 5.94. The number of nitrogens with one attached hydrogen (secondary N) is 1. The van der Waals surface area contributed by atoms with Gasteiger partial charge in [0.1, 0.15) is 11.4 Å². The fraction of sp³-hybridized carbons (Fsp3) is 0.529. The number of likely N-dealkylation sites (tertiary alicyclic amines) is 1. The van der Waals surface area contributed by atoms with Crippen molar-refractivity contribution in [3.63, 3.8) is 0 Å². The fourth-order valence-corrected chi connectivity index (χ4v) is 2.81. The molecular weight excluding hydrogens is 335 g/mol. The number of amides is 2. The van der Waals surface area contributed by atoms with E-state index < -0.39 is 23.4 Å². The number of hydrogen-bond acceptors (Lipinski definition) is 3. The van der Waals surface area contributed by atoms with Gasteiger partial charge in [0, 0.05) is 19.1 Å². The first-order chi connectivity index (χ1) is 11.2. The summed E-state index contributed by atoms with van der Waals surface area (Å²) in [7, 11) is 0. The lowest BCUT2D eigenvalue weighted by molar-refractivity contribution is 0.0473. The molecule has 0 radical (unpaired) electrons. The van der Waals surface area contributed by atoms with E-state index in [1.54, 1.807) is 25.7 Å². The molecular formula is C17H22ClFN2O3. The summed E-state index contributed by atoms with van der Waals surface area (Å²) in [6.07, 6.45) is 0.693. The molecule has 0 bridgehead atoms. The maximum absolute atomic E-state index is 13.9. The van der Waals surface area contributed by atoms with Crippen LogP contribution in [0.4, 0.5) is 9.18 Å². The molecule has 1 fully saturated rings. The van der Waals surface area contributed by atoms with Crippen LogP contribution in [0.2, 0.25) is 5.02 Å². The quantitative estimate of drug-likeness (QED) is 0.880. The maximum Gasteiger partial charge on any atom is 0.407 e. The average molecular weight is 357 g/mol. The molecule has 7 heteroatoms. The normalized spacial score (nSPS) is 16.0. The highest BCUT2D eigenvalue weighted by Crippen LogP contribution is 2.23. The Balaban J connectivity index is 1.91. The number of alkyl carbamates (subject to hydrolysis) is 1. The third kappa shape index (κ3) is 4.84. The third-order valence-corrected chi connectivity index (χ3v) is 3.99. The number of piperidine rings is 1. The second kappa shape index (κ2) is 7.38. The lowest BCUT2D eigenvalue weighted by Crippen LogP contribution is -2.47. The van der Waals surface area contributed by atoms with Crippen LogP contribution >= 0.6 is 11.6 Å². The molecule has 5 nitrogen and oxygen atoms in total. The number of halogens is 2. The zero-order chi connectivity index (χ0) is 17.9. The van der Waals surface area contributed by atoms with Crippen LogP contribution in [-0.2, 0) is 4.74 Å². The standard InChI is InChI=1S/C17H22ClFN2O3/c1-17(2,3)24-16(23)20-11-7-9-21(10-8-11)15(22)14-12(18)5-4-6-13(14)19/h4-6,11H,7-10H2,1-3H3,(H,20,23). The van der Waals surface area contributed by atoms with E-state index in [1.165, 1.54) is 18.2 Å². The first-order valence-electron chi connectivity index (χ1n) is 7.90. The fourth-order valence-electron chi connectivity index (χ4n) is 2.56. The van der Waals surface area contributed by atoms with Crippen molar-refractivity contribution < 1.29 is 18.7 Å². The number of hydrogen-bond donors (Lipinski definition) is 1. The molecule has 0 saturated carbocycles. The zero-order valence-electron chi connectivity index (χ0n) is 14.1. The first kappa shape index (κ1) is 18.5. The predicted molar refractivity (Wildman–Crippen MR) is 89.7 cm³/mol. The van der Waals surface area contributed by atoms with Gasteiger partial charge in [-0.2, -0.15) is 0 Å². The van der Waals surface area contributed by atoms with Gasteiger partial charge in [-0.05, 0) is 45.7 Å². The van der Waals surface area contributed by atoms with Gasteiger partial charge in [-0.25, -0.2) is 9.18 Å². The highest BCUT2D eigenvalue weighted by molar-refractivity contribution is 6.33.